The zero-order valence-electron chi connectivity index (χ0n) is 11.9. The molecule has 0 saturated carbocycles. The molecule has 108 valence electrons. The third kappa shape index (κ3) is 3.00. The number of nitrogens with zero attached hydrogens (tertiary/aromatic N) is 4. The van der Waals surface area contributed by atoms with Gasteiger partial charge in [-0.3, -0.25) is 0 Å². The van der Waals surface area contributed by atoms with Crippen molar-refractivity contribution < 1.29 is 9.63 Å². The van der Waals surface area contributed by atoms with E-state index < -0.39 is 5.60 Å². The van der Waals surface area contributed by atoms with Crippen LogP contribution in [-0.4, -0.2) is 25.3 Å². The Morgan fingerprint density at radius 3 is 2.67 bits per heavy atom. The summed E-state index contributed by atoms with van der Waals surface area (Å²) in [6.45, 7) is 3.76. The molecule has 2 aromatic heterocycles. The number of aromatic nitrogens is 4. The molecule has 0 amide bonds. The van der Waals surface area contributed by atoms with Crippen molar-refractivity contribution in [3.63, 3.8) is 0 Å². The van der Waals surface area contributed by atoms with Gasteiger partial charge in [0.25, 0.3) is 0 Å². The fourth-order valence-corrected chi connectivity index (χ4v) is 1.95. The Morgan fingerprint density at radius 1 is 1.24 bits per heavy atom. The molecule has 0 spiro atoms. The predicted molar refractivity (Wildman–Crippen MR) is 76.3 cm³/mol. The number of hydrogen-bond acceptors (Lipinski definition) is 5. The van der Waals surface area contributed by atoms with Gasteiger partial charge in [0.15, 0.2) is 5.76 Å². The van der Waals surface area contributed by atoms with Crippen LogP contribution in [0.15, 0.2) is 47.1 Å². The van der Waals surface area contributed by atoms with E-state index in [-0.39, 0.29) is 0 Å². The molecule has 0 fully saturated rings. The van der Waals surface area contributed by atoms with Gasteiger partial charge in [-0.15, -0.1) is 5.10 Å². The summed E-state index contributed by atoms with van der Waals surface area (Å²) in [5, 5.41) is 21.9. The molecule has 0 unspecified atom stereocenters. The lowest BCUT2D eigenvalue weighted by atomic mass is 10.1. The SMILES string of the molecule is CC(C)(O)c1cn(Cc2cc(-c3ccccc3)no2)nn1. The molecule has 0 radical (unpaired) electrons. The number of benzene rings is 1. The maximum absolute atomic E-state index is 9.87. The Hall–Kier alpha value is -2.47. The second-order valence-electron chi connectivity index (χ2n) is 5.40. The van der Waals surface area contributed by atoms with Crippen molar-refractivity contribution in [1.82, 2.24) is 20.2 Å². The van der Waals surface area contributed by atoms with Gasteiger partial charge in [0.1, 0.15) is 23.5 Å². The maximum Gasteiger partial charge on any atom is 0.158 e. The minimum absolute atomic E-state index is 0.420. The van der Waals surface area contributed by atoms with Crippen molar-refractivity contribution in [3.8, 4) is 11.3 Å². The minimum atomic E-state index is -1.01. The smallest absolute Gasteiger partial charge is 0.158 e. The Balaban J connectivity index is 1.77. The Kier molecular flexibility index (Phi) is 3.31. The highest BCUT2D eigenvalue weighted by atomic mass is 16.5. The van der Waals surface area contributed by atoms with Gasteiger partial charge in [0, 0.05) is 11.6 Å². The molecule has 6 nitrogen and oxygen atoms in total. The molecular weight excluding hydrogens is 268 g/mol. The van der Waals surface area contributed by atoms with E-state index in [1.807, 2.05) is 36.4 Å². The van der Waals surface area contributed by atoms with E-state index in [1.165, 1.54) is 0 Å². The normalized spacial score (nSPS) is 11.8. The first-order valence-corrected chi connectivity index (χ1v) is 6.66. The molecule has 0 bridgehead atoms. The zero-order valence-corrected chi connectivity index (χ0v) is 11.9. The van der Waals surface area contributed by atoms with Gasteiger partial charge >= 0.3 is 0 Å². The summed E-state index contributed by atoms with van der Waals surface area (Å²) >= 11 is 0. The molecule has 0 aliphatic carbocycles. The van der Waals surface area contributed by atoms with Crippen LogP contribution in [0, 0.1) is 0 Å². The largest absolute Gasteiger partial charge is 0.384 e. The lowest BCUT2D eigenvalue weighted by molar-refractivity contribution is 0.0737. The van der Waals surface area contributed by atoms with E-state index in [2.05, 4.69) is 15.5 Å². The second kappa shape index (κ2) is 5.14. The predicted octanol–water partition coefficient (Wildman–Crippen LogP) is 2.21. The Labute approximate surface area is 122 Å². The van der Waals surface area contributed by atoms with Gasteiger partial charge < -0.3 is 9.63 Å². The molecule has 0 saturated heterocycles. The van der Waals surface area contributed by atoms with Crippen LogP contribution in [0.25, 0.3) is 11.3 Å². The first-order valence-electron chi connectivity index (χ1n) is 6.66. The topological polar surface area (TPSA) is 77.0 Å². The molecule has 0 aliphatic rings. The second-order valence-corrected chi connectivity index (χ2v) is 5.40. The summed E-state index contributed by atoms with van der Waals surface area (Å²) < 4.78 is 6.93. The number of aliphatic hydroxyl groups is 1. The zero-order chi connectivity index (χ0) is 14.9. The summed E-state index contributed by atoms with van der Waals surface area (Å²) in [7, 11) is 0. The van der Waals surface area contributed by atoms with E-state index in [0.717, 1.165) is 11.3 Å². The minimum Gasteiger partial charge on any atom is -0.384 e. The summed E-state index contributed by atoms with van der Waals surface area (Å²) in [6.07, 6.45) is 1.70. The quantitative estimate of drug-likeness (QED) is 0.794. The lowest BCUT2D eigenvalue weighted by Crippen LogP contribution is -2.15. The third-order valence-electron chi connectivity index (χ3n) is 3.11. The molecule has 1 aromatic carbocycles. The van der Waals surface area contributed by atoms with E-state index in [4.69, 9.17) is 4.52 Å². The Bertz CT molecular complexity index is 725. The third-order valence-corrected chi connectivity index (χ3v) is 3.11. The van der Waals surface area contributed by atoms with Crippen molar-refractivity contribution in [2.75, 3.05) is 0 Å². The van der Waals surface area contributed by atoms with Crippen LogP contribution in [0.2, 0.25) is 0 Å². The van der Waals surface area contributed by atoms with E-state index in [9.17, 15) is 5.11 Å². The van der Waals surface area contributed by atoms with Crippen molar-refractivity contribution in [2.24, 2.45) is 0 Å². The highest BCUT2D eigenvalue weighted by Crippen LogP contribution is 2.20. The van der Waals surface area contributed by atoms with Crippen LogP contribution in [0.5, 0.6) is 0 Å². The van der Waals surface area contributed by atoms with E-state index in [0.29, 0.717) is 18.0 Å². The maximum atomic E-state index is 9.87. The number of hydrogen-bond donors (Lipinski definition) is 1. The standard InChI is InChI=1S/C15H16N4O2/c1-15(2,20)14-10-19(18-16-14)9-12-8-13(17-21-12)11-6-4-3-5-7-11/h3-8,10,20H,9H2,1-2H3. The van der Waals surface area contributed by atoms with Gasteiger partial charge in [-0.05, 0) is 13.8 Å². The van der Waals surface area contributed by atoms with E-state index in [1.54, 1.807) is 24.7 Å². The molecule has 3 rings (SSSR count). The van der Waals surface area contributed by atoms with Crippen molar-refractivity contribution >= 4 is 0 Å². The molecule has 21 heavy (non-hydrogen) atoms. The molecule has 6 heteroatoms. The number of rotatable bonds is 4. The van der Waals surface area contributed by atoms with Gasteiger partial charge in [-0.2, -0.15) is 0 Å². The fourth-order valence-electron chi connectivity index (χ4n) is 1.95. The summed E-state index contributed by atoms with van der Waals surface area (Å²) in [5.41, 5.74) is 1.30. The summed E-state index contributed by atoms with van der Waals surface area (Å²) in [6, 6.07) is 11.7. The average molecular weight is 284 g/mol. The van der Waals surface area contributed by atoms with Crippen LogP contribution >= 0.6 is 0 Å². The van der Waals surface area contributed by atoms with Gasteiger partial charge in [-0.1, -0.05) is 40.7 Å². The Morgan fingerprint density at radius 2 is 2.00 bits per heavy atom. The van der Waals surface area contributed by atoms with Crippen molar-refractivity contribution in [1.29, 1.82) is 0 Å². The van der Waals surface area contributed by atoms with E-state index >= 15 is 0 Å². The van der Waals surface area contributed by atoms with Crippen LogP contribution in [0.1, 0.15) is 25.3 Å². The van der Waals surface area contributed by atoms with Crippen LogP contribution in [-0.2, 0) is 12.1 Å². The highest BCUT2D eigenvalue weighted by Gasteiger charge is 2.20. The summed E-state index contributed by atoms with van der Waals surface area (Å²) in [4.78, 5) is 0. The van der Waals surface area contributed by atoms with Gasteiger partial charge in [-0.25, -0.2) is 4.68 Å². The highest BCUT2D eigenvalue weighted by molar-refractivity contribution is 5.58. The van der Waals surface area contributed by atoms with Gasteiger partial charge in [0.05, 0.1) is 6.20 Å². The fraction of sp³-hybridized carbons (Fsp3) is 0.267. The van der Waals surface area contributed by atoms with Crippen molar-refractivity contribution in [2.45, 2.75) is 26.0 Å². The lowest BCUT2D eigenvalue weighted by Gasteiger charge is -2.11. The molecule has 0 atom stereocenters. The van der Waals surface area contributed by atoms with Crippen LogP contribution < -0.4 is 0 Å². The van der Waals surface area contributed by atoms with Crippen LogP contribution in [0.3, 0.4) is 0 Å². The molecular formula is C15H16N4O2. The molecule has 1 N–H and O–H groups in total. The van der Waals surface area contributed by atoms with Crippen LogP contribution in [0.4, 0.5) is 0 Å². The average Bonchev–Trinajstić information content (AvgIpc) is 3.09. The first-order chi connectivity index (χ1) is 10.0. The molecule has 3 aromatic rings. The first kappa shape index (κ1) is 13.5. The summed E-state index contributed by atoms with van der Waals surface area (Å²) in [5.74, 6) is 0.682. The van der Waals surface area contributed by atoms with Gasteiger partial charge in [0.2, 0.25) is 0 Å². The molecule has 0 aliphatic heterocycles. The molecule has 2 heterocycles. The van der Waals surface area contributed by atoms with Crippen molar-refractivity contribution in [3.05, 3.63) is 54.0 Å². The monoisotopic (exact) mass is 284 g/mol.